The fourth-order valence-electron chi connectivity index (χ4n) is 6.62. The zero-order valence-electron chi connectivity index (χ0n) is 24.0. The maximum absolute atomic E-state index is 14.4. The molecular weight excluding hydrogens is 462 g/mol. The van der Waals surface area contributed by atoms with Gasteiger partial charge in [-0.15, -0.1) is 0 Å². The lowest BCUT2D eigenvalue weighted by Crippen LogP contribution is -2.52. The number of carbonyl (C=O) groups is 2. The van der Waals surface area contributed by atoms with Crippen molar-refractivity contribution >= 4 is 17.7 Å². The summed E-state index contributed by atoms with van der Waals surface area (Å²) in [5.41, 5.74) is 1.11. The summed E-state index contributed by atoms with van der Waals surface area (Å²) >= 11 is 0. The number of hydrogen-bond donors (Lipinski definition) is 1. The fraction of sp³-hybridized carbons (Fsp3) is 0.710. The lowest BCUT2D eigenvalue weighted by Gasteiger charge is -2.47. The molecule has 0 radical (unpaired) electrons. The lowest BCUT2D eigenvalue weighted by molar-refractivity contribution is -0.134. The summed E-state index contributed by atoms with van der Waals surface area (Å²) in [7, 11) is 0. The average Bonchev–Trinajstić information content (AvgIpc) is 3.35. The SMILES string of the molecule is CC1CCCN1C1=NC2(CCC(C(C)(C)C)CC2)N([C@H](CCC(C)(C)C)c2ccc(C(=O)O)cc2)C1=O. The normalized spacial score (nSPS) is 27.6. The molecule has 1 aromatic rings. The number of hydrogen-bond acceptors (Lipinski definition) is 4. The molecule has 0 aromatic heterocycles. The Hall–Kier alpha value is -2.37. The van der Waals surface area contributed by atoms with Gasteiger partial charge in [0.05, 0.1) is 11.6 Å². The summed E-state index contributed by atoms with van der Waals surface area (Å²) in [6.45, 7) is 16.8. The van der Waals surface area contributed by atoms with Crippen molar-refractivity contribution in [3.8, 4) is 0 Å². The van der Waals surface area contributed by atoms with E-state index >= 15 is 0 Å². The van der Waals surface area contributed by atoms with Crippen LogP contribution in [0.1, 0.15) is 122 Å². The summed E-state index contributed by atoms with van der Waals surface area (Å²) in [5, 5.41) is 9.46. The predicted molar refractivity (Wildman–Crippen MR) is 149 cm³/mol. The van der Waals surface area contributed by atoms with Crippen molar-refractivity contribution in [2.45, 2.75) is 118 Å². The van der Waals surface area contributed by atoms with Crippen LogP contribution in [-0.4, -0.2) is 50.9 Å². The first-order valence-electron chi connectivity index (χ1n) is 14.3. The third kappa shape index (κ3) is 5.73. The molecule has 3 aliphatic rings. The van der Waals surface area contributed by atoms with Crippen LogP contribution in [0, 0.1) is 16.7 Å². The molecule has 204 valence electrons. The molecule has 2 atom stereocenters. The third-order valence-corrected chi connectivity index (χ3v) is 9.03. The molecule has 2 fully saturated rings. The van der Waals surface area contributed by atoms with Crippen molar-refractivity contribution in [3.63, 3.8) is 0 Å². The molecule has 6 nitrogen and oxygen atoms in total. The second-order valence-corrected chi connectivity index (χ2v) is 14.0. The Morgan fingerprint density at radius 2 is 1.70 bits per heavy atom. The Bertz CT molecular complexity index is 1020. The summed E-state index contributed by atoms with van der Waals surface area (Å²) in [5.74, 6) is 0.398. The van der Waals surface area contributed by atoms with Crippen LogP contribution in [0.15, 0.2) is 29.3 Å². The quantitative estimate of drug-likeness (QED) is 0.468. The summed E-state index contributed by atoms with van der Waals surface area (Å²) in [6, 6.07) is 7.36. The highest BCUT2D eigenvalue weighted by atomic mass is 16.4. The van der Waals surface area contributed by atoms with Gasteiger partial charge >= 0.3 is 5.97 Å². The van der Waals surface area contributed by atoms with Gasteiger partial charge in [0.25, 0.3) is 5.91 Å². The molecule has 6 heteroatoms. The molecule has 4 rings (SSSR count). The Balaban J connectivity index is 1.75. The predicted octanol–water partition coefficient (Wildman–Crippen LogP) is 6.91. The number of aromatic carboxylic acids is 1. The third-order valence-electron chi connectivity index (χ3n) is 9.03. The minimum Gasteiger partial charge on any atom is -0.478 e. The molecule has 1 saturated heterocycles. The van der Waals surface area contributed by atoms with Crippen LogP contribution in [0.4, 0.5) is 0 Å². The minimum atomic E-state index is -0.930. The summed E-state index contributed by atoms with van der Waals surface area (Å²) in [6.07, 6.45) is 7.85. The zero-order valence-corrected chi connectivity index (χ0v) is 24.0. The van der Waals surface area contributed by atoms with Gasteiger partial charge < -0.3 is 14.9 Å². The molecule has 1 aromatic carbocycles. The van der Waals surface area contributed by atoms with E-state index in [9.17, 15) is 14.7 Å². The zero-order chi connectivity index (χ0) is 27.2. The smallest absolute Gasteiger partial charge is 0.335 e. The van der Waals surface area contributed by atoms with Gasteiger partial charge in [0.1, 0.15) is 5.66 Å². The van der Waals surface area contributed by atoms with Crippen LogP contribution in [0.2, 0.25) is 0 Å². The number of rotatable bonds is 5. The first-order chi connectivity index (χ1) is 17.2. The lowest BCUT2D eigenvalue weighted by atomic mass is 9.69. The molecular formula is C31H47N3O3. The van der Waals surface area contributed by atoms with Crippen LogP contribution in [0.25, 0.3) is 0 Å². The van der Waals surface area contributed by atoms with E-state index in [4.69, 9.17) is 4.99 Å². The second kappa shape index (κ2) is 10.1. The number of likely N-dealkylation sites (tertiary alicyclic amines) is 1. The molecule has 2 aliphatic heterocycles. The van der Waals surface area contributed by atoms with E-state index in [1.807, 2.05) is 12.1 Å². The van der Waals surface area contributed by atoms with Crippen LogP contribution >= 0.6 is 0 Å². The first kappa shape index (κ1) is 27.7. The van der Waals surface area contributed by atoms with Crippen LogP contribution in [-0.2, 0) is 4.79 Å². The Morgan fingerprint density at radius 3 is 2.19 bits per heavy atom. The van der Waals surface area contributed by atoms with Crippen molar-refractivity contribution < 1.29 is 14.7 Å². The Morgan fingerprint density at radius 1 is 1.08 bits per heavy atom. The summed E-state index contributed by atoms with van der Waals surface area (Å²) in [4.78, 5) is 35.6. The number of amidine groups is 1. The maximum Gasteiger partial charge on any atom is 0.335 e. The first-order valence-corrected chi connectivity index (χ1v) is 14.3. The second-order valence-electron chi connectivity index (χ2n) is 14.0. The topological polar surface area (TPSA) is 73.2 Å². The fourth-order valence-corrected chi connectivity index (χ4v) is 6.62. The van der Waals surface area contributed by atoms with Gasteiger partial charge in [-0.2, -0.15) is 0 Å². The number of carbonyl (C=O) groups excluding carboxylic acids is 1. The molecule has 1 aliphatic carbocycles. The molecule has 1 saturated carbocycles. The van der Waals surface area contributed by atoms with Gasteiger partial charge in [0.15, 0.2) is 5.84 Å². The van der Waals surface area contributed by atoms with Crippen LogP contribution in [0.3, 0.4) is 0 Å². The molecule has 37 heavy (non-hydrogen) atoms. The minimum absolute atomic E-state index is 0.0594. The van der Waals surface area contributed by atoms with Crippen LogP contribution < -0.4 is 0 Å². The number of nitrogens with zero attached hydrogens (tertiary/aromatic N) is 3. The highest BCUT2D eigenvalue weighted by Crippen LogP contribution is 2.50. The summed E-state index contributed by atoms with van der Waals surface area (Å²) < 4.78 is 0. The van der Waals surface area contributed by atoms with E-state index in [-0.39, 0.29) is 28.3 Å². The molecule has 2 heterocycles. The highest BCUT2D eigenvalue weighted by Gasteiger charge is 2.54. The van der Waals surface area contributed by atoms with E-state index in [0.29, 0.717) is 17.8 Å². The van der Waals surface area contributed by atoms with Crippen molar-refractivity contribution in [1.29, 1.82) is 0 Å². The van der Waals surface area contributed by atoms with Gasteiger partial charge in [0.2, 0.25) is 0 Å². The molecule has 1 amide bonds. The standard InChI is InChI=1S/C31H47N3O3/c1-21-9-8-20-33(21)26-27(35)34(31(32-26)18-14-24(15-19-31)30(5,6)7)25(16-17-29(2,3)4)22-10-12-23(13-11-22)28(36)37/h10-13,21,24-25H,8-9,14-20H2,1-7H3,(H,36,37)/t21?,24?,25-,31?/m1/s1. The number of amides is 1. The van der Waals surface area contributed by atoms with E-state index in [0.717, 1.165) is 63.5 Å². The number of carboxylic acid groups (broad SMARTS) is 1. The van der Waals surface area contributed by atoms with Gasteiger partial charge in [-0.3, -0.25) is 4.79 Å². The Kier molecular flexibility index (Phi) is 7.53. The van der Waals surface area contributed by atoms with Gasteiger partial charge in [-0.25, -0.2) is 9.79 Å². The largest absolute Gasteiger partial charge is 0.478 e. The van der Waals surface area contributed by atoms with Crippen molar-refractivity contribution in [1.82, 2.24) is 9.80 Å². The van der Waals surface area contributed by atoms with Crippen molar-refractivity contribution in [3.05, 3.63) is 35.4 Å². The monoisotopic (exact) mass is 509 g/mol. The molecule has 0 bridgehead atoms. The maximum atomic E-state index is 14.4. The van der Waals surface area contributed by atoms with Gasteiger partial charge in [-0.1, -0.05) is 53.7 Å². The van der Waals surface area contributed by atoms with Crippen molar-refractivity contribution in [2.24, 2.45) is 21.7 Å². The average molecular weight is 510 g/mol. The molecule has 1 unspecified atom stereocenters. The number of benzene rings is 1. The van der Waals surface area contributed by atoms with E-state index in [1.165, 1.54) is 0 Å². The van der Waals surface area contributed by atoms with Crippen LogP contribution in [0.5, 0.6) is 0 Å². The van der Waals surface area contributed by atoms with Crippen molar-refractivity contribution in [2.75, 3.05) is 6.54 Å². The van der Waals surface area contributed by atoms with E-state index < -0.39 is 11.6 Å². The van der Waals surface area contributed by atoms with Gasteiger partial charge in [0, 0.05) is 12.6 Å². The molecule has 1 N–H and O–H groups in total. The van der Waals surface area contributed by atoms with Gasteiger partial charge in [-0.05, 0) is 92.7 Å². The van der Waals surface area contributed by atoms with E-state index in [2.05, 4.69) is 58.3 Å². The highest BCUT2D eigenvalue weighted by molar-refractivity contribution is 6.39. The number of carboxylic acids is 1. The number of aliphatic imine (C=N–C) groups is 1. The van der Waals surface area contributed by atoms with E-state index in [1.54, 1.807) is 12.1 Å². The molecule has 1 spiro atoms. The Labute approximate surface area is 223 Å².